The van der Waals surface area contributed by atoms with E-state index in [-0.39, 0.29) is 5.91 Å². The second kappa shape index (κ2) is 7.45. The van der Waals surface area contributed by atoms with Gasteiger partial charge < -0.3 is 21.6 Å². The van der Waals surface area contributed by atoms with Gasteiger partial charge >= 0.3 is 0 Å². The molecule has 0 spiro atoms. The lowest BCUT2D eigenvalue weighted by atomic mass is 10.1. The van der Waals surface area contributed by atoms with Crippen LogP contribution < -0.4 is 16.8 Å². The molecule has 1 aromatic rings. The van der Waals surface area contributed by atoms with Crippen molar-refractivity contribution in [1.82, 2.24) is 5.32 Å². The highest BCUT2D eigenvalue weighted by Crippen LogP contribution is 2.06. The van der Waals surface area contributed by atoms with Gasteiger partial charge in [0.2, 0.25) is 5.91 Å². The third-order valence-electron chi connectivity index (χ3n) is 2.53. The molecule has 1 aromatic carbocycles. The molecule has 0 saturated heterocycles. The number of carbonyl (C=O) groups excluding carboxylic acids is 2. The fraction of sp³-hybridized carbons (Fsp3) is 0.385. The maximum Gasteiger partial charge on any atom is 0.224 e. The minimum atomic E-state index is -0.434. The zero-order valence-corrected chi connectivity index (χ0v) is 10.3. The molecule has 18 heavy (non-hydrogen) atoms. The van der Waals surface area contributed by atoms with Gasteiger partial charge in [-0.25, -0.2) is 0 Å². The Hall–Kier alpha value is -1.88. The molecule has 0 aromatic heterocycles. The molecule has 0 aliphatic heterocycles. The molecule has 0 unspecified atom stereocenters. The molecule has 0 aliphatic carbocycles. The summed E-state index contributed by atoms with van der Waals surface area (Å²) in [4.78, 5) is 21.9. The van der Waals surface area contributed by atoms with E-state index in [9.17, 15) is 9.59 Å². The quantitative estimate of drug-likeness (QED) is 0.366. The Labute approximate surface area is 107 Å². The molecule has 0 saturated carbocycles. The second-order valence-corrected chi connectivity index (χ2v) is 4.21. The van der Waals surface area contributed by atoms with E-state index in [2.05, 4.69) is 5.32 Å². The zero-order chi connectivity index (χ0) is 13.4. The predicted molar refractivity (Wildman–Crippen MR) is 70.8 cm³/mol. The van der Waals surface area contributed by atoms with E-state index in [1.807, 2.05) is 12.1 Å². The number of aldehydes is 1. The molecule has 1 amide bonds. The minimum Gasteiger partial charge on any atom is -0.399 e. The van der Waals surface area contributed by atoms with Crippen molar-refractivity contribution in [2.75, 3.05) is 12.3 Å². The monoisotopic (exact) mass is 249 g/mol. The fourth-order valence-electron chi connectivity index (χ4n) is 1.58. The molecule has 0 heterocycles. The topological polar surface area (TPSA) is 98.2 Å². The van der Waals surface area contributed by atoms with Crippen LogP contribution in [0.4, 0.5) is 5.69 Å². The lowest BCUT2D eigenvalue weighted by molar-refractivity contribution is -0.120. The van der Waals surface area contributed by atoms with E-state index < -0.39 is 6.04 Å². The zero-order valence-electron chi connectivity index (χ0n) is 10.3. The number of hydrogen-bond donors (Lipinski definition) is 3. The maximum absolute atomic E-state index is 11.6. The smallest absolute Gasteiger partial charge is 0.224 e. The Morgan fingerprint density at radius 1 is 1.44 bits per heavy atom. The van der Waals surface area contributed by atoms with Crippen LogP contribution in [0, 0.1) is 0 Å². The van der Waals surface area contributed by atoms with Gasteiger partial charge in [-0.1, -0.05) is 12.1 Å². The summed E-state index contributed by atoms with van der Waals surface area (Å²) in [5.41, 5.74) is 12.6. The minimum absolute atomic E-state index is 0.0553. The van der Waals surface area contributed by atoms with Crippen molar-refractivity contribution in [2.45, 2.75) is 25.3 Å². The van der Waals surface area contributed by atoms with Crippen LogP contribution in [0.25, 0.3) is 0 Å². The molecular formula is C13H19N3O2. The molecule has 0 fully saturated rings. The molecule has 0 radical (unpaired) electrons. The summed E-state index contributed by atoms with van der Waals surface area (Å²) < 4.78 is 0. The summed E-state index contributed by atoms with van der Waals surface area (Å²) in [5.74, 6) is -0.0553. The number of amides is 1. The average Bonchev–Trinajstić information content (AvgIpc) is 2.34. The highest BCUT2D eigenvalue weighted by molar-refractivity contribution is 5.78. The number of hydrogen-bond acceptors (Lipinski definition) is 4. The highest BCUT2D eigenvalue weighted by Gasteiger charge is 2.04. The van der Waals surface area contributed by atoms with Gasteiger partial charge in [0.15, 0.2) is 0 Å². The van der Waals surface area contributed by atoms with Gasteiger partial charge in [-0.05, 0) is 30.5 Å². The van der Waals surface area contributed by atoms with Gasteiger partial charge in [0.1, 0.15) is 6.29 Å². The third-order valence-corrected chi connectivity index (χ3v) is 2.53. The largest absolute Gasteiger partial charge is 0.399 e. The van der Waals surface area contributed by atoms with Crippen molar-refractivity contribution >= 4 is 17.9 Å². The predicted octanol–water partition coefficient (Wildman–Crippen LogP) is 0.234. The van der Waals surface area contributed by atoms with Gasteiger partial charge in [0, 0.05) is 12.2 Å². The molecule has 1 rings (SSSR count). The molecule has 98 valence electrons. The number of carbonyl (C=O) groups is 2. The Bertz CT molecular complexity index is 407. The van der Waals surface area contributed by atoms with Gasteiger partial charge in [-0.15, -0.1) is 0 Å². The number of anilines is 1. The van der Waals surface area contributed by atoms with Crippen molar-refractivity contribution in [3.63, 3.8) is 0 Å². The molecule has 5 N–H and O–H groups in total. The first-order chi connectivity index (χ1) is 8.61. The molecule has 5 heteroatoms. The molecule has 0 bridgehead atoms. The Kier molecular flexibility index (Phi) is 5.87. The highest BCUT2D eigenvalue weighted by atomic mass is 16.1. The lowest BCUT2D eigenvalue weighted by Gasteiger charge is -2.07. The normalized spacial score (nSPS) is 11.8. The third kappa shape index (κ3) is 5.45. The molecule has 0 aliphatic rings. The number of rotatable bonds is 7. The van der Waals surface area contributed by atoms with E-state index in [0.29, 0.717) is 37.8 Å². The maximum atomic E-state index is 11.6. The lowest BCUT2D eigenvalue weighted by Crippen LogP contribution is -2.28. The van der Waals surface area contributed by atoms with Crippen LogP contribution in [0.5, 0.6) is 0 Å². The molecule has 1 atom stereocenters. The second-order valence-electron chi connectivity index (χ2n) is 4.21. The van der Waals surface area contributed by atoms with E-state index >= 15 is 0 Å². The van der Waals surface area contributed by atoms with Crippen molar-refractivity contribution in [1.29, 1.82) is 0 Å². The summed E-state index contributed by atoms with van der Waals surface area (Å²) in [6.07, 6.45) is 2.31. The number of nitrogens with one attached hydrogen (secondary N) is 1. The number of nitrogen functional groups attached to an aromatic ring is 1. The van der Waals surface area contributed by atoms with Crippen molar-refractivity contribution < 1.29 is 9.59 Å². The van der Waals surface area contributed by atoms with E-state index in [4.69, 9.17) is 11.5 Å². The van der Waals surface area contributed by atoms with Crippen LogP contribution in [-0.2, 0) is 16.0 Å². The van der Waals surface area contributed by atoms with Gasteiger partial charge in [-0.3, -0.25) is 4.79 Å². The fourth-order valence-corrected chi connectivity index (χ4v) is 1.58. The van der Waals surface area contributed by atoms with E-state index in [0.717, 1.165) is 5.56 Å². The van der Waals surface area contributed by atoms with Crippen molar-refractivity contribution in [2.24, 2.45) is 5.73 Å². The first-order valence-corrected chi connectivity index (χ1v) is 5.94. The summed E-state index contributed by atoms with van der Waals surface area (Å²) >= 11 is 0. The first kappa shape index (κ1) is 14.2. The summed E-state index contributed by atoms with van der Waals surface area (Å²) in [6.45, 7) is 0.530. The standard InChI is InChI=1S/C13H19N3O2/c14-11-4-1-3-10(7-11)8-13(18)16-6-2-5-12(15)9-17/h1,3-4,7,9,12H,2,5-6,8,14-15H2,(H,16,18)/t12-/m1/s1. The Morgan fingerprint density at radius 3 is 2.89 bits per heavy atom. The molecular weight excluding hydrogens is 230 g/mol. The van der Waals surface area contributed by atoms with E-state index in [1.165, 1.54) is 0 Å². The Morgan fingerprint density at radius 2 is 2.22 bits per heavy atom. The Balaban J connectivity index is 2.24. The van der Waals surface area contributed by atoms with Crippen molar-refractivity contribution in [3.05, 3.63) is 29.8 Å². The summed E-state index contributed by atoms with van der Waals surface area (Å²) in [5, 5.41) is 2.78. The molecule has 5 nitrogen and oxygen atoms in total. The van der Waals surface area contributed by atoms with Gasteiger partial charge in [-0.2, -0.15) is 0 Å². The van der Waals surface area contributed by atoms with Crippen LogP contribution in [0.2, 0.25) is 0 Å². The van der Waals surface area contributed by atoms with Crippen LogP contribution in [0.15, 0.2) is 24.3 Å². The van der Waals surface area contributed by atoms with Crippen LogP contribution in [-0.4, -0.2) is 24.8 Å². The van der Waals surface area contributed by atoms with Crippen molar-refractivity contribution in [3.8, 4) is 0 Å². The van der Waals surface area contributed by atoms with Crippen LogP contribution in [0.3, 0.4) is 0 Å². The number of nitrogens with two attached hydrogens (primary N) is 2. The van der Waals surface area contributed by atoms with Crippen LogP contribution >= 0.6 is 0 Å². The first-order valence-electron chi connectivity index (χ1n) is 5.94. The summed E-state index contributed by atoms with van der Waals surface area (Å²) in [6, 6.07) is 6.81. The summed E-state index contributed by atoms with van der Waals surface area (Å²) in [7, 11) is 0. The van der Waals surface area contributed by atoms with Crippen LogP contribution in [0.1, 0.15) is 18.4 Å². The number of benzene rings is 1. The van der Waals surface area contributed by atoms with Gasteiger partial charge in [0.05, 0.1) is 12.5 Å². The van der Waals surface area contributed by atoms with Gasteiger partial charge in [0.25, 0.3) is 0 Å². The van der Waals surface area contributed by atoms with E-state index in [1.54, 1.807) is 12.1 Å². The SMILES string of the molecule is Nc1cccc(CC(=O)NCCC[C@@H](N)C=O)c1. The average molecular weight is 249 g/mol.